The molecule has 0 spiro atoms. The molecule has 0 aromatic carbocycles. The predicted molar refractivity (Wildman–Crippen MR) is 103 cm³/mol. The fraction of sp³-hybridized carbons (Fsp3) is 0.556. The van der Waals surface area contributed by atoms with Crippen molar-refractivity contribution < 1.29 is 4.79 Å². The van der Waals surface area contributed by atoms with Crippen LogP contribution < -0.4 is 10.2 Å². The van der Waals surface area contributed by atoms with E-state index in [1.165, 1.54) is 17.0 Å². The number of aryl methyl sites for hydroxylation is 2. The first-order chi connectivity index (χ1) is 12.7. The third kappa shape index (κ3) is 3.86. The Kier molecular flexibility index (Phi) is 5.12. The second-order valence-corrected chi connectivity index (χ2v) is 8.07. The molecule has 2 aliphatic rings. The number of rotatable bonds is 5. The first-order valence-electron chi connectivity index (χ1n) is 9.18. The molecule has 4 rings (SSSR count). The van der Waals surface area contributed by atoms with Crippen LogP contribution in [0, 0.1) is 0 Å². The zero-order valence-electron chi connectivity index (χ0n) is 15.0. The zero-order valence-corrected chi connectivity index (χ0v) is 15.8. The average molecular weight is 372 g/mol. The number of aromatic nitrogens is 3. The van der Waals surface area contributed by atoms with E-state index in [2.05, 4.69) is 30.1 Å². The van der Waals surface area contributed by atoms with Crippen LogP contribution in [-0.4, -0.2) is 58.5 Å². The Hall–Kier alpha value is -2.06. The molecule has 3 heterocycles. The molecule has 1 aliphatic carbocycles. The van der Waals surface area contributed by atoms with Crippen molar-refractivity contribution in [2.24, 2.45) is 0 Å². The van der Waals surface area contributed by atoms with E-state index >= 15 is 0 Å². The molecule has 0 saturated carbocycles. The maximum absolute atomic E-state index is 12.4. The van der Waals surface area contributed by atoms with Gasteiger partial charge in [0, 0.05) is 36.4 Å². The van der Waals surface area contributed by atoms with Gasteiger partial charge in [0.2, 0.25) is 5.91 Å². The molecule has 2 aromatic rings. The molecule has 1 fully saturated rings. The van der Waals surface area contributed by atoms with Crippen molar-refractivity contribution in [3.05, 3.63) is 29.2 Å². The van der Waals surface area contributed by atoms with Crippen LogP contribution in [-0.2, 0) is 17.6 Å². The van der Waals surface area contributed by atoms with Crippen LogP contribution in [0.25, 0.3) is 0 Å². The standard InChI is InChI=1S/C18H24N6OS/c1-23(12-17(25)22-18-21-14-3-2-4-15(14)26-18)13-5-9-24(10-6-13)16-11-19-7-8-20-16/h7-8,11,13H,2-6,9-10,12H2,1H3,(H,21,22,25). The monoisotopic (exact) mass is 372 g/mol. The van der Waals surface area contributed by atoms with Crippen LogP contribution in [0.4, 0.5) is 10.9 Å². The van der Waals surface area contributed by atoms with Crippen molar-refractivity contribution in [2.75, 3.05) is 36.9 Å². The molecule has 0 unspecified atom stereocenters. The van der Waals surface area contributed by atoms with E-state index in [4.69, 9.17) is 0 Å². The molecule has 0 atom stereocenters. The van der Waals surface area contributed by atoms with Gasteiger partial charge in [-0.2, -0.15) is 0 Å². The van der Waals surface area contributed by atoms with Gasteiger partial charge in [-0.05, 0) is 39.2 Å². The number of fused-ring (bicyclic) bond motifs is 1. The van der Waals surface area contributed by atoms with E-state index in [1.54, 1.807) is 23.7 Å². The molecular weight excluding hydrogens is 348 g/mol. The number of likely N-dealkylation sites (N-methyl/N-ethyl adjacent to an activating group) is 1. The molecule has 1 saturated heterocycles. The van der Waals surface area contributed by atoms with Crippen molar-refractivity contribution >= 4 is 28.2 Å². The van der Waals surface area contributed by atoms with Crippen LogP contribution in [0.1, 0.15) is 29.8 Å². The largest absolute Gasteiger partial charge is 0.355 e. The summed E-state index contributed by atoms with van der Waals surface area (Å²) in [5.41, 5.74) is 1.18. The molecule has 1 N–H and O–H groups in total. The summed E-state index contributed by atoms with van der Waals surface area (Å²) in [5, 5.41) is 3.73. The Labute approximate surface area is 157 Å². The summed E-state index contributed by atoms with van der Waals surface area (Å²) >= 11 is 1.63. The lowest BCUT2D eigenvalue weighted by Crippen LogP contribution is -2.45. The van der Waals surface area contributed by atoms with E-state index in [-0.39, 0.29) is 5.91 Å². The number of hydrogen-bond donors (Lipinski definition) is 1. The number of anilines is 2. The Bertz CT molecular complexity index is 735. The molecule has 0 radical (unpaired) electrons. The summed E-state index contributed by atoms with van der Waals surface area (Å²) in [6, 6.07) is 0.412. The second kappa shape index (κ2) is 7.67. The van der Waals surface area contributed by atoms with Gasteiger partial charge in [0.1, 0.15) is 5.82 Å². The first kappa shape index (κ1) is 17.4. The van der Waals surface area contributed by atoms with Gasteiger partial charge in [-0.25, -0.2) is 9.97 Å². The van der Waals surface area contributed by atoms with Crippen molar-refractivity contribution in [1.82, 2.24) is 19.9 Å². The Morgan fingerprint density at radius 3 is 2.92 bits per heavy atom. The Balaban J connectivity index is 1.25. The maximum atomic E-state index is 12.4. The van der Waals surface area contributed by atoms with Crippen molar-refractivity contribution in [2.45, 2.75) is 38.1 Å². The van der Waals surface area contributed by atoms with Crippen LogP contribution >= 0.6 is 11.3 Å². The van der Waals surface area contributed by atoms with Crippen molar-refractivity contribution in [3.8, 4) is 0 Å². The average Bonchev–Trinajstić information content (AvgIpc) is 3.24. The van der Waals surface area contributed by atoms with E-state index in [1.807, 2.05) is 13.2 Å². The van der Waals surface area contributed by atoms with Crippen LogP contribution in [0.3, 0.4) is 0 Å². The molecule has 1 amide bonds. The van der Waals surface area contributed by atoms with Gasteiger partial charge < -0.3 is 10.2 Å². The van der Waals surface area contributed by atoms with Gasteiger partial charge in [-0.3, -0.25) is 14.7 Å². The fourth-order valence-corrected chi connectivity index (χ4v) is 4.81. The Morgan fingerprint density at radius 2 is 2.19 bits per heavy atom. The summed E-state index contributed by atoms with van der Waals surface area (Å²) in [7, 11) is 2.03. The molecule has 2 aromatic heterocycles. The highest BCUT2D eigenvalue weighted by molar-refractivity contribution is 7.15. The summed E-state index contributed by atoms with van der Waals surface area (Å²) < 4.78 is 0. The highest BCUT2D eigenvalue weighted by Gasteiger charge is 2.25. The number of amides is 1. The summed E-state index contributed by atoms with van der Waals surface area (Å²) in [4.78, 5) is 31.2. The topological polar surface area (TPSA) is 74.2 Å². The molecule has 1 aliphatic heterocycles. The van der Waals surface area contributed by atoms with E-state index in [9.17, 15) is 4.79 Å². The second-order valence-electron chi connectivity index (χ2n) is 6.99. The summed E-state index contributed by atoms with van der Waals surface area (Å²) in [6.45, 7) is 2.28. The highest BCUT2D eigenvalue weighted by Crippen LogP contribution is 2.30. The smallest absolute Gasteiger partial charge is 0.240 e. The van der Waals surface area contributed by atoms with Gasteiger partial charge in [0.15, 0.2) is 5.13 Å². The van der Waals surface area contributed by atoms with Gasteiger partial charge in [-0.15, -0.1) is 11.3 Å². The minimum atomic E-state index is 0.0243. The minimum absolute atomic E-state index is 0.0243. The summed E-state index contributed by atoms with van der Waals surface area (Å²) in [6.07, 6.45) is 10.6. The third-order valence-electron chi connectivity index (χ3n) is 5.20. The third-order valence-corrected chi connectivity index (χ3v) is 6.27. The lowest BCUT2D eigenvalue weighted by molar-refractivity contribution is -0.117. The quantitative estimate of drug-likeness (QED) is 0.865. The van der Waals surface area contributed by atoms with Gasteiger partial charge in [0.25, 0.3) is 0 Å². The van der Waals surface area contributed by atoms with Gasteiger partial charge >= 0.3 is 0 Å². The van der Waals surface area contributed by atoms with Crippen LogP contribution in [0.15, 0.2) is 18.6 Å². The molecule has 0 bridgehead atoms. The molecule has 26 heavy (non-hydrogen) atoms. The number of nitrogens with one attached hydrogen (secondary N) is 1. The number of thiazole rings is 1. The number of hydrogen-bond acceptors (Lipinski definition) is 7. The number of piperidine rings is 1. The van der Waals surface area contributed by atoms with Crippen LogP contribution in [0.2, 0.25) is 0 Å². The lowest BCUT2D eigenvalue weighted by atomic mass is 10.0. The van der Waals surface area contributed by atoms with Crippen molar-refractivity contribution in [3.63, 3.8) is 0 Å². The van der Waals surface area contributed by atoms with Gasteiger partial charge in [0.05, 0.1) is 18.4 Å². The van der Waals surface area contributed by atoms with E-state index in [0.717, 1.165) is 49.7 Å². The lowest BCUT2D eigenvalue weighted by Gasteiger charge is -2.36. The number of nitrogens with zero attached hydrogens (tertiary/aromatic N) is 5. The van der Waals surface area contributed by atoms with Crippen LogP contribution in [0.5, 0.6) is 0 Å². The maximum Gasteiger partial charge on any atom is 0.240 e. The highest BCUT2D eigenvalue weighted by atomic mass is 32.1. The van der Waals surface area contributed by atoms with E-state index in [0.29, 0.717) is 12.6 Å². The normalized spacial score (nSPS) is 17.5. The molecular formula is C18H24N6OS. The zero-order chi connectivity index (χ0) is 17.9. The molecule has 7 nitrogen and oxygen atoms in total. The molecule has 8 heteroatoms. The Morgan fingerprint density at radius 1 is 1.35 bits per heavy atom. The van der Waals surface area contributed by atoms with Crippen molar-refractivity contribution in [1.29, 1.82) is 0 Å². The fourth-order valence-electron chi connectivity index (χ4n) is 3.75. The SMILES string of the molecule is CN(CC(=O)Nc1nc2c(s1)CCC2)C1CCN(c2cnccn2)CC1. The number of carbonyl (C=O) groups excluding carboxylic acids is 1. The minimum Gasteiger partial charge on any atom is -0.355 e. The van der Waals surface area contributed by atoms with E-state index < -0.39 is 0 Å². The first-order valence-corrected chi connectivity index (χ1v) is 10.0. The number of carbonyl (C=O) groups is 1. The predicted octanol–water partition coefficient (Wildman–Crippen LogP) is 1.96. The summed E-state index contributed by atoms with van der Waals surface area (Å²) in [5.74, 6) is 0.958. The van der Waals surface area contributed by atoms with Gasteiger partial charge in [-0.1, -0.05) is 0 Å². The molecule has 138 valence electrons.